The summed E-state index contributed by atoms with van der Waals surface area (Å²) in [6, 6.07) is 2.20. The van der Waals surface area contributed by atoms with Gasteiger partial charge in [0.1, 0.15) is 11.6 Å². The van der Waals surface area contributed by atoms with E-state index in [0.717, 1.165) is 36.6 Å². The Morgan fingerprint density at radius 3 is 3.09 bits per heavy atom. The molecule has 0 radical (unpaired) electrons. The van der Waals surface area contributed by atoms with Gasteiger partial charge in [-0.2, -0.15) is 5.10 Å². The molecule has 23 heavy (non-hydrogen) atoms. The van der Waals surface area contributed by atoms with Crippen molar-refractivity contribution < 1.29 is 8.83 Å². The first-order chi connectivity index (χ1) is 11.2. The molecule has 120 valence electrons. The number of nitrogens with zero attached hydrogens (tertiary/aromatic N) is 5. The number of aryl methyl sites for hydroxylation is 3. The molecule has 1 N–H and O–H groups in total. The zero-order valence-corrected chi connectivity index (χ0v) is 13.1. The van der Waals surface area contributed by atoms with Gasteiger partial charge in [0, 0.05) is 18.0 Å². The highest BCUT2D eigenvalue weighted by Crippen LogP contribution is 2.22. The molecular formula is C15H18N6O2. The highest BCUT2D eigenvalue weighted by Gasteiger charge is 2.21. The number of furan rings is 1. The van der Waals surface area contributed by atoms with E-state index in [1.165, 1.54) is 0 Å². The van der Waals surface area contributed by atoms with Crippen molar-refractivity contribution in [1.82, 2.24) is 30.3 Å². The van der Waals surface area contributed by atoms with E-state index in [9.17, 15) is 0 Å². The predicted octanol–water partition coefficient (Wildman–Crippen LogP) is 1.64. The maximum Gasteiger partial charge on any atom is 0.283 e. The lowest BCUT2D eigenvalue weighted by atomic mass is 10.1. The first-order valence-electron chi connectivity index (χ1n) is 7.69. The van der Waals surface area contributed by atoms with Gasteiger partial charge in [0.05, 0.1) is 19.4 Å². The summed E-state index contributed by atoms with van der Waals surface area (Å²) in [6.45, 7) is 5.21. The van der Waals surface area contributed by atoms with Crippen molar-refractivity contribution in [3.05, 3.63) is 35.4 Å². The summed E-state index contributed by atoms with van der Waals surface area (Å²) in [5, 5.41) is 16.0. The van der Waals surface area contributed by atoms with Crippen LogP contribution < -0.4 is 5.32 Å². The van der Waals surface area contributed by atoms with Crippen molar-refractivity contribution in [1.29, 1.82) is 0 Å². The number of rotatable bonds is 4. The molecule has 8 nitrogen and oxygen atoms in total. The van der Waals surface area contributed by atoms with E-state index in [1.807, 2.05) is 24.6 Å². The molecule has 1 unspecified atom stereocenters. The molecule has 0 saturated carbocycles. The van der Waals surface area contributed by atoms with E-state index >= 15 is 0 Å². The van der Waals surface area contributed by atoms with Gasteiger partial charge in [0.2, 0.25) is 5.89 Å². The van der Waals surface area contributed by atoms with Gasteiger partial charge in [-0.15, -0.1) is 10.2 Å². The molecule has 0 amide bonds. The first-order valence-corrected chi connectivity index (χ1v) is 7.69. The Kier molecular flexibility index (Phi) is 3.45. The van der Waals surface area contributed by atoms with E-state index in [4.69, 9.17) is 8.83 Å². The van der Waals surface area contributed by atoms with Crippen molar-refractivity contribution in [3.63, 3.8) is 0 Å². The molecule has 1 aliphatic rings. The van der Waals surface area contributed by atoms with E-state index in [-0.39, 0.29) is 0 Å². The topological polar surface area (TPSA) is 94.8 Å². The van der Waals surface area contributed by atoms with Crippen molar-refractivity contribution in [3.8, 4) is 11.7 Å². The molecule has 1 atom stereocenters. The molecule has 0 spiro atoms. The monoisotopic (exact) mass is 314 g/mol. The van der Waals surface area contributed by atoms with Crippen LogP contribution in [0.4, 0.5) is 0 Å². The van der Waals surface area contributed by atoms with E-state index < -0.39 is 0 Å². The summed E-state index contributed by atoms with van der Waals surface area (Å²) >= 11 is 0. The lowest BCUT2D eigenvalue weighted by Gasteiger charge is -2.22. The second kappa shape index (κ2) is 5.62. The fourth-order valence-electron chi connectivity index (χ4n) is 2.84. The van der Waals surface area contributed by atoms with Crippen LogP contribution in [0.5, 0.6) is 0 Å². The van der Waals surface area contributed by atoms with Gasteiger partial charge in [-0.25, -0.2) is 9.67 Å². The molecule has 0 saturated heterocycles. The van der Waals surface area contributed by atoms with Crippen LogP contribution in [0.25, 0.3) is 11.7 Å². The standard InChI is InChI=1S/C15H18N6O2/c1-9-5-6-22-14(9)15-19-18-13(23-15)7-16-11-3-4-12-17-10(2)20-21(12)8-11/h5-6,11,16H,3-4,7-8H2,1-2H3. The van der Waals surface area contributed by atoms with E-state index in [2.05, 4.69) is 25.6 Å². The third-order valence-corrected chi connectivity index (χ3v) is 4.03. The third kappa shape index (κ3) is 2.77. The molecule has 0 bridgehead atoms. The summed E-state index contributed by atoms with van der Waals surface area (Å²) in [7, 11) is 0. The zero-order valence-electron chi connectivity index (χ0n) is 13.1. The van der Waals surface area contributed by atoms with Crippen molar-refractivity contribution in [2.45, 2.75) is 45.8 Å². The van der Waals surface area contributed by atoms with E-state index in [1.54, 1.807) is 6.26 Å². The Morgan fingerprint density at radius 2 is 2.26 bits per heavy atom. The average molecular weight is 314 g/mol. The molecule has 0 aromatic carbocycles. The van der Waals surface area contributed by atoms with Crippen LogP contribution in [0.15, 0.2) is 21.2 Å². The lowest BCUT2D eigenvalue weighted by molar-refractivity contribution is 0.341. The van der Waals surface area contributed by atoms with Crippen LogP contribution in [0.2, 0.25) is 0 Å². The number of hydrogen-bond donors (Lipinski definition) is 1. The molecule has 1 aliphatic heterocycles. The summed E-state index contributed by atoms with van der Waals surface area (Å²) < 4.78 is 13.0. The minimum Gasteiger partial charge on any atom is -0.459 e. The largest absolute Gasteiger partial charge is 0.459 e. The van der Waals surface area contributed by atoms with Crippen molar-refractivity contribution in [2.75, 3.05) is 0 Å². The second-order valence-electron chi connectivity index (χ2n) is 5.81. The van der Waals surface area contributed by atoms with Gasteiger partial charge in [0.25, 0.3) is 5.89 Å². The number of aromatic nitrogens is 5. The molecule has 3 aromatic heterocycles. The quantitative estimate of drug-likeness (QED) is 0.782. The van der Waals surface area contributed by atoms with Crippen LogP contribution in [-0.2, 0) is 19.5 Å². The Bertz CT molecular complexity index is 818. The minimum atomic E-state index is 0.323. The lowest BCUT2D eigenvalue weighted by Crippen LogP contribution is -2.37. The third-order valence-electron chi connectivity index (χ3n) is 4.03. The molecule has 8 heteroatoms. The van der Waals surface area contributed by atoms with Gasteiger partial charge in [-0.05, 0) is 26.3 Å². The normalized spacial score (nSPS) is 17.4. The van der Waals surface area contributed by atoms with Crippen LogP contribution in [0.3, 0.4) is 0 Å². The Morgan fingerprint density at radius 1 is 1.35 bits per heavy atom. The molecule has 0 aliphatic carbocycles. The van der Waals surface area contributed by atoms with Crippen molar-refractivity contribution >= 4 is 0 Å². The molecular weight excluding hydrogens is 296 g/mol. The number of hydrogen-bond acceptors (Lipinski definition) is 7. The number of fused-ring (bicyclic) bond motifs is 1. The van der Waals surface area contributed by atoms with Gasteiger partial charge in [-0.3, -0.25) is 0 Å². The first kappa shape index (κ1) is 14.1. The second-order valence-corrected chi connectivity index (χ2v) is 5.81. The van der Waals surface area contributed by atoms with Crippen LogP contribution in [0.1, 0.15) is 29.5 Å². The fraction of sp³-hybridized carbons (Fsp3) is 0.467. The molecule has 0 fully saturated rings. The fourth-order valence-corrected chi connectivity index (χ4v) is 2.84. The van der Waals surface area contributed by atoms with Gasteiger partial charge < -0.3 is 14.2 Å². The van der Waals surface area contributed by atoms with Gasteiger partial charge >= 0.3 is 0 Å². The molecule has 4 heterocycles. The average Bonchev–Trinajstić information content (AvgIpc) is 3.23. The van der Waals surface area contributed by atoms with Crippen molar-refractivity contribution in [2.24, 2.45) is 0 Å². The highest BCUT2D eigenvalue weighted by atomic mass is 16.4. The van der Waals surface area contributed by atoms with Crippen LogP contribution in [0, 0.1) is 13.8 Å². The Balaban J connectivity index is 1.39. The van der Waals surface area contributed by atoms with Crippen LogP contribution in [-0.4, -0.2) is 31.0 Å². The summed E-state index contributed by atoms with van der Waals surface area (Å²) in [5.41, 5.74) is 0.981. The Hall–Kier alpha value is -2.48. The summed E-state index contributed by atoms with van der Waals surface area (Å²) in [4.78, 5) is 4.42. The van der Waals surface area contributed by atoms with E-state index in [0.29, 0.717) is 30.1 Å². The molecule has 3 aromatic rings. The summed E-state index contributed by atoms with van der Waals surface area (Å²) in [6.07, 6.45) is 3.57. The highest BCUT2D eigenvalue weighted by molar-refractivity contribution is 5.49. The predicted molar refractivity (Wildman–Crippen MR) is 80.4 cm³/mol. The minimum absolute atomic E-state index is 0.323. The van der Waals surface area contributed by atoms with Crippen LogP contribution >= 0.6 is 0 Å². The smallest absolute Gasteiger partial charge is 0.283 e. The SMILES string of the molecule is Cc1nc2n(n1)CC(NCc1nnc(-c3occc3C)o1)CC2. The Labute approximate surface area is 132 Å². The number of nitrogens with one attached hydrogen (secondary N) is 1. The molecule has 4 rings (SSSR count). The maximum absolute atomic E-state index is 5.66. The summed E-state index contributed by atoms with van der Waals surface area (Å²) in [5.74, 6) is 3.49. The van der Waals surface area contributed by atoms with Gasteiger partial charge in [0.15, 0.2) is 5.76 Å². The van der Waals surface area contributed by atoms with Gasteiger partial charge in [-0.1, -0.05) is 0 Å². The maximum atomic E-state index is 5.66. The zero-order chi connectivity index (χ0) is 15.8.